The minimum atomic E-state index is -0.323. The zero-order valence-corrected chi connectivity index (χ0v) is 14.6. The number of carbonyl (C=O) groups excluding carboxylic acids is 2. The van der Waals surface area contributed by atoms with E-state index in [9.17, 15) is 9.59 Å². The van der Waals surface area contributed by atoms with Crippen LogP contribution in [0, 0.1) is 11.8 Å². The van der Waals surface area contributed by atoms with Crippen LogP contribution < -0.4 is 11.0 Å². The Morgan fingerprint density at radius 1 is 1.21 bits per heavy atom. The number of benzene rings is 1. The Morgan fingerprint density at radius 3 is 2.46 bits per heavy atom. The van der Waals surface area contributed by atoms with Crippen molar-refractivity contribution >= 4 is 11.7 Å². The second-order valence-electron chi connectivity index (χ2n) is 6.29. The van der Waals surface area contributed by atoms with Gasteiger partial charge in [0.2, 0.25) is 5.91 Å². The lowest BCUT2D eigenvalue weighted by atomic mass is 9.88. The number of carbonyl (C=O) groups is 2. The van der Waals surface area contributed by atoms with Gasteiger partial charge in [-0.2, -0.15) is 0 Å². The van der Waals surface area contributed by atoms with Crippen molar-refractivity contribution in [3.8, 4) is 0 Å². The molecule has 0 saturated heterocycles. The largest absolute Gasteiger partial charge is 0.353 e. The average Bonchev–Trinajstić information content (AvgIpc) is 2.55. The molecule has 24 heavy (non-hydrogen) atoms. The second kappa shape index (κ2) is 10.9. The van der Waals surface area contributed by atoms with E-state index in [1.54, 1.807) is 5.64 Å². The summed E-state index contributed by atoms with van der Waals surface area (Å²) in [5.41, 5.74) is 2.80. The molecule has 0 radical (unpaired) electrons. The van der Waals surface area contributed by atoms with Crippen molar-refractivity contribution in [2.24, 2.45) is 11.8 Å². The number of hydrogen-bond donors (Lipinski definition) is 3. The van der Waals surface area contributed by atoms with Crippen LogP contribution in [-0.4, -0.2) is 29.5 Å². The van der Waals surface area contributed by atoms with Crippen molar-refractivity contribution in [3.05, 3.63) is 35.9 Å². The molecule has 0 saturated carbocycles. The Kier molecular flexibility index (Phi) is 9.22. The van der Waals surface area contributed by atoms with E-state index in [4.69, 9.17) is 10.0 Å². The van der Waals surface area contributed by atoms with Gasteiger partial charge in [-0.05, 0) is 38.2 Å². The number of Topliss-reactive ketones (excluding diaryl/α,β-unsaturated/α-hetero) is 1. The van der Waals surface area contributed by atoms with Gasteiger partial charge in [0.25, 0.3) is 0 Å². The fourth-order valence-electron chi connectivity index (χ4n) is 2.62. The summed E-state index contributed by atoms with van der Waals surface area (Å²) in [4.78, 5) is 28.5. The first-order chi connectivity index (χ1) is 11.4. The second-order valence-corrected chi connectivity index (χ2v) is 6.29. The molecule has 3 atom stereocenters. The van der Waals surface area contributed by atoms with Gasteiger partial charge in [-0.25, -0.2) is 0 Å². The van der Waals surface area contributed by atoms with E-state index in [-0.39, 0.29) is 36.2 Å². The van der Waals surface area contributed by atoms with Crippen molar-refractivity contribution in [2.75, 3.05) is 6.61 Å². The van der Waals surface area contributed by atoms with Crippen LogP contribution in [0.2, 0.25) is 0 Å². The Hall–Kier alpha value is -1.76. The molecule has 134 valence electrons. The summed E-state index contributed by atoms with van der Waals surface area (Å²) < 4.78 is 0. The van der Waals surface area contributed by atoms with E-state index in [2.05, 4.69) is 5.32 Å². The molecule has 0 fully saturated rings. The molecular formula is C18H28N2O4. The highest BCUT2D eigenvalue weighted by molar-refractivity contribution is 5.79. The Labute approximate surface area is 143 Å². The first-order valence-electron chi connectivity index (χ1n) is 8.28. The summed E-state index contributed by atoms with van der Waals surface area (Å²) in [6.07, 6.45) is 1.68. The van der Waals surface area contributed by atoms with Crippen LogP contribution in [0.3, 0.4) is 0 Å². The van der Waals surface area contributed by atoms with Crippen LogP contribution >= 0.6 is 0 Å². The molecule has 6 heteroatoms. The molecule has 3 N–H and O–H groups in total. The Bertz CT molecular complexity index is 507. The number of amides is 1. The molecule has 3 unspecified atom stereocenters. The summed E-state index contributed by atoms with van der Waals surface area (Å²) in [6, 6.07) is 9.98. The monoisotopic (exact) mass is 336 g/mol. The van der Waals surface area contributed by atoms with E-state index >= 15 is 0 Å². The molecule has 1 aromatic carbocycles. The number of nitrogens with one attached hydrogen (secondary N) is 2. The van der Waals surface area contributed by atoms with Gasteiger partial charge in [0.05, 0.1) is 6.61 Å². The highest BCUT2D eigenvalue weighted by Gasteiger charge is 2.25. The van der Waals surface area contributed by atoms with Gasteiger partial charge >= 0.3 is 0 Å². The quantitative estimate of drug-likeness (QED) is 0.540. The standard InChI is InChI=1S/C18H28N2O4/c1-13(11-16-7-5-4-6-8-16)19-18(22)15(3)17(12-24-20-23)10-9-14(2)21/h4-8,13,15,17,20,23H,9-12H2,1-3H3,(H,19,22). The van der Waals surface area contributed by atoms with Gasteiger partial charge in [-0.15, -0.1) is 0 Å². The van der Waals surface area contributed by atoms with Gasteiger partial charge in [0.15, 0.2) is 0 Å². The normalized spacial score (nSPS) is 14.7. The van der Waals surface area contributed by atoms with E-state index in [0.717, 1.165) is 6.42 Å². The van der Waals surface area contributed by atoms with Crippen molar-refractivity contribution in [1.29, 1.82) is 0 Å². The minimum Gasteiger partial charge on any atom is -0.353 e. The predicted molar refractivity (Wildman–Crippen MR) is 91.2 cm³/mol. The summed E-state index contributed by atoms with van der Waals surface area (Å²) >= 11 is 0. The summed E-state index contributed by atoms with van der Waals surface area (Å²) in [5.74, 6) is -0.482. The minimum absolute atomic E-state index is 0.00712. The van der Waals surface area contributed by atoms with Crippen molar-refractivity contribution in [3.63, 3.8) is 0 Å². The molecule has 0 aliphatic heterocycles. The molecule has 0 bridgehead atoms. The van der Waals surface area contributed by atoms with Gasteiger partial charge < -0.3 is 10.1 Å². The predicted octanol–water partition coefficient (Wildman–Crippen LogP) is 2.27. The lowest BCUT2D eigenvalue weighted by Crippen LogP contribution is -2.41. The lowest BCUT2D eigenvalue weighted by molar-refractivity contribution is -0.147. The van der Waals surface area contributed by atoms with Crippen LogP contribution in [-0.2, 0) is 20.8 Å². The van der Waals surface area contributed by atoms with E-state index in [0.29, 0.717) is 12.8 Å². The average molecular weight is 336 g/mol. The molecule has 0 aliphatic rings. The van der Waals surface area contributed by atoms with Crippen molar-refractivity contribution < 1.29 is 19.6 Å². The maximum atomic E-state index is 12.5. The van der Waals surface area contributed by atoms with Crippen molar-refractivity contribution in [1.82, 2.24) is 11.0 Å². The molecule has 0 spiro atoms. The fourth-order valence-corrected chi connectivity index (χ4v) is 2.62. The third kappa shape index (κ3) is 7.68. The van der Waals surface area contributed by atoms with Crippen LogP contribution in [0.25, 0.3) is 0 Å². The Morgan fingerprint density at radius 2 is 1.88 bits per heavy atom. The topological polar surface area (TPSA) is 87.7 Å². The molecule has 1 aromatic rings. The maximum absolute atomic E-state index is 12.5. The zero-order valence-electron chi connectivity index (χ0n) is 14.6. The molecule has 0 heterocycles. The molecule has 1 amide bonds. The number of ketones is 1. The van der Waals surface area contributed by atoms with Crippen molar-refractivity contribution in [2.45, 2.75) is 46.1 Å². The van der Waals surface area contributed by atoms with Crippen LogP contribution in [0.4, 0.5) is 0 Å². The number of hydrogen-bond acceptors (Lipinski definition) is 5. The molecule has 1 rings (SSSR count). The fraction of sp³-hybridized carbons (Fsp3) is 0.556. The highest BCUT2D eigenvalue weighted by atomic mass is 16.8. The third-order valence-electron chi connectivity index (χ3n) is 4.12. The SMILES string of the molecule is CC(=O)CCC(CONO)C(C)C(=O)NC(C)Cc1ccccc1. The van der Waals surface area contributed by atoms with Crippen LogP contribution in [0.1, 0.15) is 39.2 Å². The molecule has 0 aromatic heterocycles. The van der Waals surface area contributed by atoms with E-state index in [1.807, 2.05) is 44.2 Å². The van der Waals surface area contributed by atoms with Gasteiger partial charge in [0, 0.05) is 18.4 Å². The van der Waals surface area contributed by atoms with Gasteiger partial charge in [0.1, 0.15) is 5.78 Å². The highest BCUT2D eigenvalue weighted by Crippen LogP contribution is 2.19. The first kappa shape index (κ1) is 20.3. The maximum Gasteiger partial charge on any atom is 0.223 e. The zero-order chi connectivity index (χ0) is 17.9. The van der Waals surface area contributed by atoms with Gasteiger partial charge in [-0.3, -0.25) is 14.8 Å². The van der Waals surface area contributed by atoms with E-state index < -0.39 is 0 Å². The van der Waals surface area contributed by atoms with E-state index in [1.165, 1.54) is 12.5 Å². The molecular weight excluding hydrogens is 308 g/mol. The molecule has 6 nitrogen and oxygen atoms in total. The first-order valence-corrected chi connectivity index (χ1v) is 8.28. The summed E-state index contributed by atoms with van der Waals surface area (Å²) in [7, 11) is 0. The van der Waals surface area contributed by atoms with Crippen LogP contribution in [0.5, 0.6) is 0 Å². The number of rotatable bonds is 11. The smallest absolute Gasteiger partial charge is 0.223 e. The third-order valence-corrected chi connectivity index (χ3v) is 4.12. The van der Waals surface area contributed by atoms with Crippen LogP contribution in [0.15, 0.2) is 30.3 Å². The Balaban J connectivity index is 2.55. The molecule has 0 aliphatic carbocycles. The van der Waals surface area contributed by atoms with Gasteiger partial charge in [-0.1, -0.05) is 42.9 Å². The lowest BCUT2D eigenvalue weighted by Gasteiger charge is -2.24. The summed E-state index contributed by atoms with van der Waals surface area (Å²) in [6.45, 7) is 5.46. The summed E-state index contributed by atoms with van der Waals surface area (Å²) in [5, 5.41) is 11.6.